The van der Waals surface area contributed by atoms with Crippen molar-refractivity contribution >= 4 is 5.71 Å². The van der Waals surface area contributed by atoms with Gasteiger partial charge in [0.1, 0.15) is 0 Å². The van der Waals surface area contributed by atoms with Crippen LogP contribution >= 0.6 is 0 Å². The van der Waals surface area contributed by atoms with Crippen LogP contribution < -0.4 is 0 Å². The molecule has 7 heavy (non-hydrogen) atoms. The summed E-state index contributed by atoms with van der Waals surface area (Å²) in [5.41, 5.74) is 0.252. The molecule has 0 aliphatic heterocycles. The van der Waals surface area contributed by atoms with Crippen molar-refractivity contribution < 1.29 is 5.11 Å². The lowest BCUT2D eigenvalue weighted by atomic mass is 10.4. The maximum atomic E-state index is 8.19. The van der Waals surface area contributed by atoms with Crippen LogP contribution in [0.2, 0.25) is 0 Å². The highest BCUT2D eigenvalue weighted by atomic mass is 16.3. The fraction of sp³-hybridized carbons (Fsp3) is 0.400. The van der Waals surface area contributed by atoms with Gasteiger partial charge in [-0.3, -0.25) is 0 Å². The standard InChI is InChI=1S/C5H9NO/c1-2-3-5(6)4-7/h2-3,6-7H,4H2,1H3/b3-2-,6-5?. The molecule has 0 unspecified atom stereocenters. The molecular weight excluding hydrogens is 90.1 g/mol. The number of hydrogen-bond acceptors (Lipinski definition) is 2. The van der Waals surface area contributed by atoms with Gasteiger partial charge in [0.25, 0.3) is 0 Å². The zero-order valence-electron chi connectivity index (χ0n) is 4.31. The quantitative estimate of drug-likeness (QED) is 0.488. The van der Waals surface area contributed by atoms with Crippen LogP contribution in [0.4, 0.5) is 0 Å². The Bertz CT molecular complexity index is 86.1. The van der Waals surface area contributed by atoms with E-state index >= 15 is 0 Å². The Labute approximate surface area is 43.0 Å². The van der Waals surface area contributed by atoms with Crippen molar-refractivity contribution in [3.05, 3.63) is 12.2 Å². The Kier molecular flexibility index (Phi) is 3.24. The molecule has 0 spiro atoms. The van der Waals surface area contributed by atoms with Crippen LogP contribution in [-0.4, -0.2) is 17.4 Å². The number of rotatable bonds is 2. The molecule has 0 rings (SSSR count). The molecule has 0 fully saturated rings. The number of hydrogen-bond donors (Lipinski definition) is 2. The van der Waals surface area contributed by atoms with Crippen molar-refractivity contribution in [2.75, 3.05) is 6.61 Å². The first kappa shape index (κ1) is 6.37. The molecule has 40 valence electrons. The minimum atomic E-state index is -0.162. The van der Waals surface area contributed by atoms with E-state index in [1.165, 1.54) is 0 Å². The Morgan fingerprint density at radius 2 is 2.43 bits per heavy atom. The van der Waals surface area contributed by atoms with Gasteiger partial charge in [0, 0.05) is 0 Å². The third-order valence-corrected chi connectivity index (χ3v) is 0.538. The summed E-state index contributed by atoms with van der Waals surface area (Å²) in [7, 11) is 0. The van der Waals surface area contributed by atoms with Crippen LogP contribution in [0.1, 0.15) is 6.92 Å². The zero-order chi connectivity index (χ0) is 5.70. The van der Waals surface area contributed by atoms with Crippen molar-refractivity contribution in [2.45, 2.75) is 6.92 Å². The topological polar surface area (TPSA) is 44.1 Å². The zero-order valence-corrected chi connectivity index (χ0v) is 4.31. The van der Waals surface area contributed by atoms with E-state index in [0.29, 0.717) is 0 Å². The lowest BCUT2D eigenvalue weighted by molar-refractivity contribution is 0.357. The van der Waals surface area contributed by atoms with Crippen LogP contribution in [0.15, 0.2) is 12.2 Å². The fourth-order valence-corrected chi connectivity index (χ4v) is 0.254. The Morgan fingerprint density at radius 3 is 2.57 bits per heavy atom. The van der Waals surface area contributed by atoms with Crippen LogP contribution in [-0.2, 0) is 0 Å². The summed E-state index contributed by atoms with van der Waals surface area (Å²) in [5, 5.41) is 15.0. The van der Waals surface area contributed by atoms with Gasteiger partial charge in [-0.1, -0.05) is 6.08 Å². The highest BCUT2D eigenvalue weighted by Crippen LogP contribution is 1.72. The molecule has 0 aromatic carbocycles. The van der Waals surface area contributed by atoms with Gasteiger partial charge in [-0.25, -0.2) is 0 Å². The second-order valence-corrected chi connectivity index (χ2v) is 1.18. The molecule has 0 radical (unpaired) electrons. The molecule has 0 atom stereocenters. The van der Waals surface area contributed by atoms with Gasteiger partial charge in [0.2, 0.25) is 0 Å². The predicted octanol–water partition coefficient (Wildman–Crippen LogP) is 0.575. The lowest BCUT2D eigenvalue weighted by Gasteiger charge is -1.83. The van der Waals surface area contributed by atoms with E-state index in [1.54, 1.807) is 12.2 Å². The molecule has 0 saturated carbocycles. The molecule has 0 bridgehead atoms. The summed E-state index contributed by atoms with van der Waals surface area (Å²) in [6, 6.07) is 0. The van der Waals surface area contributed by atoms with Gasteiger partial charge in [0.05, 0.1) is 12.3 Å². The van der Waals surface area contributed by atoms with E-state index in [2.05, 4.69) is 0 Å². The van der Waals surface area contributed by atoms with E-state index in [1.807, 2.05) is 6.92 Å². The SMILES string of the molecule is C/C=C\C(=N)CO. The minimum absolute atomic E-state index is 0.162. The molecule has 0 amide bonds. The van der Waals surface area contributed by atoms with E-state index < -0.39 is 0 Å². The van der Waals surface area contributed by atoms with Gasteiger partial charge in [0.15, 0.2) is 0 Å². The summed E-state index contributed by atoms with van der Waals surface area (Å²) in [5.74, 6) is 0. The molecule has 0 heterocycles. The predicted molar refractivity (Wildman–Crippen MR) is 29.6 cm³/mol. The second-order valence-electron chi connectivity index (χ2n) is 1.18. The van der Waals surface area contributed by atoms with Crippen LogP contribution in [0.5, 0.6) is 0 Å². The normalized spacial score (nSPS) is 10.0. The lowest BCUT2D eigenvalue weighted by Crippen LogP contribution is -1.95. The summed E-state index contributed by atoms with van der Waals surface area (Å²) < 4.78 is 0. The average molecular weight is 99.1 g/mol. The average Bonchev–Trinajstić information content (AvgIpc) is 1.68. The summed E-state index contributed by atoms with van der Waals surface area (Å²) >= 11 is 0. The Morgan fingerprint density at radius 1 is 1.86 bits per heavy atom. The highest BCUT2D eigenvalue weighted by Gasteiger charge is 1.79. The molecule has 0 aliphatic rings. The number of aliphatic hydroxyl groups excluding tert-OH is 1. The van der Waals surface area contributed by atoms with Crippen molar-refractivity contribution in [1.29, 1.82) is 5.41 Å². The van der Waals surface area contributed by atoms with Gasteiger partial charge in [-0.2, -0.15) is 0 Å². The summed E-state index contributed by atoms with van der Waals surface area (Å²) in [6.45, 7) is 1.65. The summed E-state index contributed by atoms with van der Waals surface area (Å²) in [6.07, 6.45) is 3.28. The molecule has 0 aliphatic carbocycles. The maximum absolute atomic E-state index is 8.19. The van der Waals surface area contributed by atoms with Crippen LogP contribution in [0, 0.1) is 5.41 Å². The Hall–Kier alpha value is -0.630. The fourth-order valence-electron chi connectivity index (χ4n) is 0.254. The molecular formula is C5H9NO. The van der Waals surface area contributed by atoms with Gasteiger partial charge in [-0.05, 0) is 13.0 Å². The first-order valence-electron chi connectivity index (χ1n) is 2.12. The van der Waals surface area contributed by atoms with Gasteiger partial charge >= 0.3 is 0 Å². The molecule has 0 aromatic rings. The highest BCUT2D eigenvalue weighted by molar-refractivity contribution is 5.92. The largest absolute Gasteiger partial charge is 0.390 e. The molecule has 2 nitrogen and oxygen atoms in total. The summed E-state index contributed by atoms with van der Waals surface area (Å²) in [4.78, 5) is 0. The first-order chi connectivity index (χ1) is 3.31. The molecule has 2 heteroatoms. The van der Waals surface area contributed by atoms with E-state index in [-0.39, 0.29) is 12.3 Å². The van der Waals surface area contributed by atoms with E-state index in [0.717, 1.165) is 0 Å². The van der Waals surface area contributed by atoms with Crippen molar-refractivity contribution in [3.8, 4) is 0 Å². The number of nitrogens with one attached hydrogen (secondary N) is 1. The van der Waals surface area contributed by atoms with Crippen LogP contribution in [0.25, 0.3) is 0 Å². The molecule has 0 aromatic heterocycles. The molecule has 2 N–H and O–H groups in total. The smallest absolute Gasteiger partial charge is 0.0845 e. The minimum Gasteiger partial charge on any atom is -0.390 e. The van der Waals surface area contributed by atoms with E-state index in [9.17, 15) is 0 Å². The van der Waals surface area contributed by atoms with Crippen LogP contribution in [0.3, 0.4) is 0 Å². The maximum Gasteiger partial charge on any atom is 0.0845 e. The Balaban J connectivity index is 3.37. The molecule has 0 saturated heterocycles. The third-order valence-electron chi connectivity index (χ3n) is 0.538. The monoisotopic (exact) mass is 99.1 g/mol. The van der Waals surface area contributed by atoms with Gasteiger partial charge in [-0.15, -0.1) is 0 Å². The van der Waals surface area contributed by atoms with Crippen molar-refractivity contribution in [1.82, 2.24) is 0 Å². The first-order valence-corrected chi connectivity index (χ1v) is 2.12. The van der Waals surface area contributed by atoms with Crippen molar-refractivity contribution in [2.24, 2.45) is 0 Å². The number of aliphatic hydroxyl groups is 1. The second kappa shape index (κ2) is 3.56. The third kappa shape index (κ3) is 3.19. The number of allylic oxidation sites excluding steroid dienone is 1. The van der Waals surface area contributed by atoms with E-state index in [4.69, 9.17) is 10.5 Å². The van der Waals surface area contributed by atoms with Gasteiger partial charge < -0.3 is 10.5 Å². The van der Waals surface area contributed by atoms with Crippen molar-refractivity contribution in [3.63, 3.8) is 0 Å².